The van der Waals surface area contributed by atoms with Crippen LogP contribution in [0, 0.1) is 0 Å². The highest BCUT2D eigenvalue weighted by molar-refractivity contribution is 5.92. The number of rotatable bonds is 9. The van der Waals surface area contributed by atoms with E-state index >= 15 is 0 Å². The number of hydrogen-bond donors (Lipinski definition) is 1. The zero-order valence-corrected chi connectivity index (χ0v) is 17.1. The third-order valence-electron chi connectivity index (χ3n) is 4.45. The number of nitrogens with one attached hydrogen (secondary N) is 1. The van der Waals surface area contributed by atoms with Crippen LogP contribution in [0.25, 0.3) is 11.3 Å². The largest absolute Gasteiger partial charge is 0.497 e. The van der Waals surface area contributed by atoms with Crippen molar-refractivity contribution >= 4 is 11.6 Å². The number of nitrogens with zero attached hydrogens (tertiary/aromatic N) is 2. The van der Waals surface area contributed by atoms with Gasteiger partial charge in [0.05, 0.1) is 25.1 Å². The molecule has 3 rings (SSSR count). The van der Waals surface area contributed by atoms with Gasteiger partial charge in [0.2, 0.25) is 5.91 Å². The van der Waals surface area contributed by atoms with Crippen molar-refractivity contribution in [1.82, 2.24) is 9.78 Å². The Morgan fingerprint density at radius 2 is 1.90 bits per heavy atom. The Morgan fingerprint density at radius 1 is 1.10 bits per heavy atom. The van der Waals surface area contributed by atoms with E-state index in [-0.39, 0.29) is 18.0 Å². The molecule has 0 fully saturated rings. The van der Waals surface area contributed by atoms with Crippen molar-refractivity contribution in [3.63, 3.8) is 0 Å². The molecule has 1 heterocycles. The van der Waals surface area contributed by atoms with Gasteiger partial charge < -0.3 is 14.8 Å². The fraction of sp³-hybridized carbons (Fsp3) is 0.261. The van der Waals surface area contributed by atoms with Crippen molar-refractivity contribution < 1.29 is 14.3 Å². The second-order valence-electron chi connectivity index (χ2n) is 6.69. The molecule has 1 amide bonds. The number of unbranched alkanes of at least 4 members (excludes halogenated alkanes) is 1. The number of hydrogen-bond acceptors (Lipinski definition) is 5. The maximum atomic E-state index is 12.7. The quantitative estimate of drug-likeness (QED) is 0.547. The van der Waals surface area contributed by atoms with E-state index in [1.165, 1.54) is 6.07 Å². The summed E-state index contributed by atoms with van der Waals surface area (Å²) >= 11 is 0. The summed E-state index contributed by atoms with van der Waals surface area (Å²) in [5.74, 6) is 0.758. The monoisotopic (exact) mass is 407 g/mol. The Kier molecular flexibility index (Phi) is 7.21. The van der Waals surface area contributed by atoms with Gasteiger partial charge in [-0.3, -0.25) is 9.59 Å². The van der Waals surface area contributed by atoms with Crippen molar-refractivity contribution in [2.24, 2.45) is 0 Å². The summed E-state index contributed by atoms with van der Waals surface area (Å²) in [4.78, 5) is 24.9. The third kappa shape index (κ3) is 5.47. The van der Waals surface area contributed by atoms with Gasteiger partial charge in [-0.1, -0.05) is 43.7 Å². The lowest BCUT2D eigenvalue weighted by atomic mass is 10.1. The van der Waals surface area contributed by atoms with E-state index in [1.807, 2.05) is 30.3 Å². The molecule has 1 aromatic heterocycles. The van der Waals surface area contributed by atoms with Crippen molar-refractivity contribution in [2.45, 2.75) is 26.3 Å². The first-order valence-corrected chi connectivity index (χ1v) is 9.85. The average Bonchev–Trinajstić information content (AvgIpc) is 2.77. The van der Waals surface area contributed by atoms with Gasteiger partial charge in [0.25, 0.3) is 5.56 Å². The second-order valence-corrected chi connectivity index (χ2v) is 6.69. The lowest BCUT2D eigenvalue weighted by Gasteiger charge is -2.14. The topological polar surface area (TPSA) is 82.4 Å². The highest BCUT2D eigenvalue weighted by Gasteiger charge is 2.12. The molecular weight excluding hydrogens is 382 g/mol. The van der Waals surface area contributed by atoms with E-state index in [2.05, 4.69) is 17.3 Å². The van der Waals surface area contributed by atoms with E-state index in [0.717, 1.165) is 23.1 Å². The number of methoxy groups -OCH3 is 1. The number of benzene rings is 2. The van der Waals surface area contributed by atoms with Gasteiger partial charge in [-0.2, -0.15) is 5.10 Å². The highest BCUT2D eigenvalue weighted by atomic mass is 16.5. The zero-order valence-electron chi connectivity index (χ0n) is 17.1. The molecule has 0 unspecified atom stereocenters. The first kappa shape index (κ1) is 21.1. The first-order chi connectivity index (χ1) is 14.6. The van der Waals surface area contributed by atoms with Crippen LogP contribution in [0.5, 0.6) is 11.5 Å². The molecule has 156 valence electrons. The molecule has 2 aromatic carbocycles. The van der Waals surface area contributed by atoms with Crippen molar-refractivity contribution in [3.8, 4) is 22.8 Å². The van der Waals surface area contributed by atoms with Crippen LogP contribution >= 0.6 is 0 Å². The highest BCUT2D eigenvalue weighted by Crippen LogP contribution is 2.29. The number of aromatic nitrogens is 2. The predicted octanol–water partition coefficient (Wildman–Crippen LogP) is 3.74. The summed E-state index contributed by atoms with van der Waals surface area (Å²) in [6.07, 6.45) is 1.91. The molecular formula is C23H25N3O4. The van der Waals surface area contributed by atoms with Crippen LogP contribution in [0.2, 0.25) is 0 Å². The second kappa shape index (κ2) is 10.2. The molecule has 7 nitrogen and oxygen atoms in total. The molecule has 0 bridgehead atoms. The van der Waals surface area contributed by atoms with Crippen molar-refractivity contribution in [1.29, 1.82) is 0 Å². The minimum absolute atomic E-state index is 0.217. The maximum absolute atomic E-state index is 12.7. The van der Waals surface area contributed by atoms with Crippen LogP contribution in [0.4, 0.5) is 5.69 Å². The van der Waals surface area contributed by atoms with Crippen LogP contribution in [0.1, 0.15) is 19.8 Å². The molecule has 1 N–H and O–H groups in total. The molecule has 0 spiro atoms. The molecule has 0 saturated carbocycles. The Hall–Kier alpha value is -3.61. The average molecular weight is 407 g/mol. The predicted molar refractivity (Wildman–Crippen MR) is 116 cm³/mol. The molecule has 0 aliphatic heterocycles. The van der Waals surface area contributed by atoms with Crippen molar-refractivity contribution in [3.05, 3.63) is 71.0 Å². The Bertz CT molecular complexity index is 1050. The number of amides is 1. The summed E-state index contributed by atoms with van der Waals surface area (Å²) in [6, 6.07) is 17.7. The summed E-state index contributed by atoms with van der Waals surface area (Å²) in [5.41, 5.74) is 1.62. The number of carbonyl (C=O) groups is 1. The zero-order chi connectivity index (χ0) is 21.3. The minimum atomic E-state index is -0.386. The SMILES string of the molecule is CCCCOc1ccc(OC)cc1NC(=O)Cn1nc(-c2ccccc2)ccc1=O. The van der Waals surface area contributed by atoms with Gasteiger partial charge in [0, 0.05) is 17.7 Å². The molecule has 3 aromatic rings. The van der Waals surface area contributed by atoms with Crippen LogP contribution in [-0.2, 0) is 11.3 Å². The van der Waals surface area contributed by atoms with E-state index in [1.54, 1.807) is 31.4 Å². The maximum Gasteiger partial charge on any atom is 0.267 e. The minimum Gasteiger partial charge on any atom is -0.497 e. The number of ether oxygens (including phenoxy) is 2. The first-order valence-electron chi connectivity index (χ1n) is 9.85. The van der Waals surface area contributed by atoms with Gasteiger partial charge in [-0.15, -0.1) is 0 Å². The summed E-state index contributed by atoms with van der Waals surface area (Å²) < 4.78 is 12.2. The normalized spacial score (nSPS) is 10.5. The number of anilines is 1. The third-order valence-corrected chi connectivity index (χ3v) is 4.45. The molecule has 0 saturated heterocycles. The van der Waals surface area contributed by atoms with Gasteiger partial charge >= 0.3 is 0 Å². The Labute approximate surface area is 175 Å². The van der Waals surface area contributed by atoms with Crippen LogP contribution < -0.4 is 20.3 Å². The van der Waals surface area contributed by atoms with Gasteiger partial charge in [-0.05, 0) is 24.6 Å². The van der Waals surface area contributed by atoms with Crippen LogP contribution in [0.3, 0.4) is 0 Å². The fourth-order valence-corrected chi connectivity index (χ4v) is 2.84. The van der Waals surface area contributed by atoms with Gasteiger partial charge in [0.15, 0.2) is 0 Å². The molecule has 0 aliphatic carbocycles. The van der Waals surface area contributed by atoms with E-state index in [0.29, 0.717) is 29.5 Å². The Morgan fingerprint density at radius 3 is 2.63 bits per heavy atom. The standard InChI is InChI=1S/C23H25N3O4/c1-3-4-14-30-21-12-10-18(29-2)15-20(21)24-22(27)16-26-23(28)13-11-19(25-26)17-8-6-5-7-9-17/h5-13,15H,3-4,14,16H2,1-2H3,(H,24,27). The summed E-state index contributed by atoms with van der Waals surface area (Å²) in [5, 5.41) is 7.13. The Balaban J connectivity index is 1.78. The lowest BCUT2D eigenvalue weighted by molar-refractivity contribution is -0.117. The molecule has 0 atom stereocenters. The smallest absolute Gasteiger partial charge is 0.267 e. The van der Waals surface area contributed by atoms with Crippen LogP contribution in [0.15, 0.2) is 65.5 Å². The molecule has 0 aliphatic rings. The van der Waals surface area contributed by atoms with E-state index in [9.17, 15) is 9.59 Å². The summed E-state index contributed by atoms with van der Waals surface area (Å²) in [6.45, 7) is 2.41. The fourth-order valence-electron chi connectivity index (χ4n) is 2.84. The molecule has 7 heteroatoms. The van der Waals surface area contributed by atoms with E-state index < -0.39 is 0 Å². The van der Waals surface area contributed by atoms with Crippen molar-refractivity contribution in [2.75, 3.05) is 19.0 Å². The van der Waals surface area contributed by atoms with Gasteiger partial charge in [-0.25, -0.2) is 4.68 Å². The van der Waals surface area contributed by atoms with E-state index in [4.69, 9.17) is 9.47 Å². The number of carbonyl (C=O) groups excluding carboxylic acids is 1. The van der Waals surface area contributed by atoms with Crippen LogP contribution in [-0.4, -0.2) is 29.4 Å². The van der Waals surface area contributed by atoms with Gasteiger partial charge in [0.1, 0.15) is 18.0 Å². The lowest BCUT2D eigenvalue weighted by Crippen LogP contribution is -2.29. The summed E-state index contributed by atoms with van der Waals surface area (Å²) in [7, 11) is 1.55. The molecule has 0 radical (unpaired) electrons. The molecule has 30 heavy (non-hydrogen) atoms.